The quantitative estimate of drug-likeness (QED) is 0.0852. The van der Waals surface area contributed by atoms with Crippen molar-refractivity contribution < 1.29 is 8.83 Å². The van der Waals surface area contributed by atoms with Crippen LogP contribution in [0.5, 0.6) is 0 Å². The van der Waals surface area contributed by atoms with E-state index in [4.69, 9.17) is 8.83 Å². The molecule has 0 saturated carbocycles. The van der Waals surface area contributed by atoms with Crippen LogP contribution in [0.1, 0.15) is 86.8 Å². The third-order valence-corrected chi connectivity index (χ3v) is 23.6. The van der Waals surface area contributed by atoms with Gasteiger partial charge in [-0.05, 0) is 200 Å². The van der Waals surface area contributed by atoms with Crippen molar-refractivity contribution >= 4 is 134 Å². The van der Waals surface area contributed by atoms with Crippen molar-refractivity contribution in [2.75, 3.05) is 9.80 Å². The van der Waals surface area contributed by atoms with Gasteiger partial charge in [0.25, 0.3) is 0 Å². The van der Waals surface area contributed by atoms with Crippen LogP contribution >= 0.6 is 0 Å². The van der Waals surface area contributed by atoms with Crippen molar-refractivity contribution in [2.24, 2.45) is 0 Å². The number of rotatable bonds is 17. The first-order valence-corrected chi connectivity index (χ1v) is 37.4. The summed E-state index contributed by atoms with van der Waals surface area (Å²) in [6.07, 6.45) is 8.38. The molecule has 0 aliphatic heterocycles. The predicted molar refractivity (Wildman–Crippen MR) is 447 cm³/mol. The molecule has 2 aliphatic rings. The van der Waals surface area contributed by atoms with Gasteiger partial charge in [0.1, 0.15) is 11.2 Å². The number of nitrogens with zero attached hydrogens (tertiary/aromatic N) is 4. The van der Waals surface area contributed by atoms with Crippen molar-refractivity contribution in [3.63, 3.8) is 0 Å². The summed E-state index contributed by atoms with van der Waals surface area (Å²) in [7, 11) is 0. The Hall–Kier alpha value is -12.6. The van der Waals surface area contributed by atoms with Crippen LogP contribution in [-0.4, -0.2) is 9.13 Å². The van der Waals surface area contributed by atoms with E-state index in [1.165, 1.54) is 110 Å². The van der Waals surface area contributed by atoms with Crippen LogP contribution < -0.4 is 9.80 Å². The standard InChI is InChI=1S/C100H78N4O2/c1-7-63-35-49-73-75-51-47-71(61-87(75)99(3,4)85(73)57-63)103(93-31-21-27-81-79-25-13-17-33-95(79)105-97(81)93)69-43-37-65(38-44-69)67-41-53-91-83(59-67)77-23-11-15-29-89(77)101(91)55-19-9-10-20-56-102-90-30-16-12-24-78(90)84-60-68(42-54-92(84)102)66-39-45-70(46-40-66)104(94-32-22-28-82-80-26-14-18-34-96(80)106-98(82)94)72-48-52-76-74-50-36-64(8-2)58-86(74)100(5,6)88(76)62-72/h7-8,11-18,21-54,57-62H,1-2,9-10,19-20,55-56H2,3-6H3. The highest BCUT2D eigenvalue weighted by Crippen LogP contribution is 2.55. The summed E-state index contributed by atoms with van der Waals surface area (Å²) in [5, 5.41) is 9.58. The van der Waals surface area contributed by atoms with E-state index in [0.717, 1.165) is 128 Å². The fourth-order valence-corrected chi connectivity index (χ4v) is 18.1. The lowest BCUT2D eigenvalue weighted by Crippen LogP contribution is -2.16. The molecule has 106 heavy (non-hydrogen) atoms. The fraction of sp³-hybridized carbons (Fsp3) is 0.120. The number of anilines is 6. The van der Waals surface area contributed by atoms with E-state index in [-0.39, 0.29) is 10.8 Å². The topological polar surface area (TPSA) is 42.6 Å². The molecule has 4 heterocycles. The minimum absolute atomic E-state index is 0.206. The van der Waals surface area contributed by atoms with Gasteiger partial charge in [-0.15, -0.1) is 0 Å². The molecule has 0 amide bonds. The predicted octanol–water partition coefficient (Wildman–Crippen LogP) is 28.1. The van der Waals surface area contributed by atoms with Crippen molar-refractivity contribution in [1.82, 2.24) is 9.13 Å². The number of para-hydroxylation sites is 6. The number of aromatic nitrogens is 2. The monoisotopic (exact) mass is 1370 g/mol. The van der Waals surface area contributed by atoms with E-state index in [2.05, 4.69) is 339 Å². The average Bonchev–Trinajstić information content (AvgIpc) is 1.07. The summed E-state index contributed by atoms with van der Waals surface area (Å²) >= 11 is 0. The molecule has 0 bridgehead atoms. The molecule has 2 aliphatic carbocycles. The smallest absolute Gasteiger partial charge is 0.159 e. The maximum absolute atomic E-state index is 6.77. The van der Waals surface area contributed by atoms with Crippen LogP contribution in [0.15, 0.2) is 313 Å². The van der Waals surface area contributed by atoms with Gasteiger partial charge in [0.2, 0.25) is 0 Å². The Balaban J connectivity index is 0.549. The zero-order chi connectivity index (χ0) is 71.1. The first kappa shape index (κ1) is 63.1. The number of hydrogen-bond acceptors (Lipinski definition) is 4. The molecule has 0 radical (unpaired) electrons. The normalized spacial score (nSPS) is 13.4. The zero-order valence-electron chi connectivity index (χ0n) is 60.1. The number of hydrogen-bond donors (Lipinski definition) is 0. The van der Waals surface area contributed by atoms with Crippen LogP contribution in [0.25, 0.3) is 144 Å². The van der Waals surface area contributed by atoms with Crippen LogP contribution in [0.4, 0.5) is 34.1 Å². The zero-order valence-corrected chi connectivity index (χ0v) is 60.1. The lowest BCUT2D eigenvalue weighted by molar-refractivity contribution is 0.559. The second kappa shape index (κ2) is 24.5. The number of unbranched alkanes of at least 4 members (excludes halogenated alkanes) is 3. The second-order valence-corrected chi connectivity index (χ2v) is 30.2. The molecule has 4 aromatic heterocycles. The average molecular weight is 1370 g/mol. The van der Waals surface area contributed by atoms with Gasteiger partial charge in [0.15, 0.2) is 11.2 Å². The molecule has 18 aromatic rings. The van der Waals surface area contributed by atoms with E-state index in [0.29, 0.717) is 0 Å². The van der Waals surface area contributed by atoms with Crippen LogP contribution in [0.2, 0.25) is 0 Å². The molecule has 0 atom stereocenters. The summed E-state index contributed by atoms with van der Waals surface area (Å²) in [6.45, 7) is 19.5. The van der Waals surface area contributed by atoms with Crippen LogP contribution in [0, 0.1) is 0 Å². The van der Waals surface area contributed by atoms with Gasteiger partial charge in [0, 0.05) is 112 Å². The number of furan rings is 2. The molecule has 6 nitrogen and oxygen atoms in total. The Morgan fingerprint density at radius 1 is 0.302 bits per heavy atom. The maximum Gasteiger partial charge on any atom is 0.159 e. The molecule has 6 heteroatoms. The summed E-state index contributed by atoms with van der Waals surface area (Å²) in [5.74, 6) is 0. The SMILES string of the molecule is C=Cc1ccc2c(c1)C(C)(C)c1cc(N(c3ccc(-c4ccc5c(c4)c4ccccc4n5CCCCCCn4c5ccccc5c5cc(-c6ccc(N(c7ccc8c(c7)C(C)(C)c7cc(C=C)ccc7-8)c7cccc8c7oc7ccccc78)cc6)ccc54)cc3)c3cccc4c3oc3ccccc34)ccc1-2. The molecule has 20 rings (SSSR count). The first-order valence-electron chi connectivity index (χ1n) is 37.4. The molecule has 0 N–H and O–H groups in total. The Bertz CT molecular complexity index is 6240. The van der Waals surface area contributed by atoms with Crippen molar-refractivity contribution in [1.29, 1.82) is 0 Å². The lowest BCUT2D eigenvalue weighted by Gasteiger charge is -2.28. The maximum atomic E-state index is 6.77. The van der Waals surface area contributed by atoms with E-state index >= 15 is 0 Å². The van der Waals surface area contributed by atoms with Gasteiger partial charge in [-0.1, -0.05) is 248 Å². The minimum atomic E-state index is -0.206. The van der Waals surface area contributed by atoms with E-state index in [1.54, 1.807) is 0 Å². The van der Waals surface area contributed by atoms with Crippen molar-refractivity contribution in [2.45, 2.75) is 77.3 Å². The highest BCUT2D eigenvalue weighted by atomic mass is 16.3. The summed E-state index contributed by atoms with van der Waals surface area (Å²) in [5.41, 5.74) is 31.9. The molecule has 0 fully saturated rings. The Morgan fingerprint density at radius 2 is 0.651 bits per heavy atom. The minimum Gasteiger partial charge on any atom is -0.454 e. The number of fused-ring (bicyclic) bond motifs is 18. The van der Waals surface area contributed by atoms with Crippen LogP contribution in [-0.2, 0) is 23.9 Å². The third-order valence-electron chi connectivity index (χ3n) is 23.6. The fourth-order valence-electron chi connectivity index (χ4n) is 18.1. The largest absolute Gasteiger partial charge is 0.454 e. The third kappa shape index (κ3) is 9.91. The molecule has 0 unspecified atom stereocenters. The molecule has 14 aromatic carbocycles. The molecule has 0 saturated heterocycles. The van der Waals surface area contributed by atoms with E-state index in [1.807, 2.05) is 24.3 Å². The van der Waals surface area contributed by atoms with Gasteiger partial charge in [-0.2, -0.15) is 0 Å². The summed E-state index contributed by atoms with van der Waals surface area (Å²) in [4.78, 5) is 4.77. The molecular weight excluding hydrogens is 1290 g/mol. The van der Waals surface area contributed by atoms with Gasteiger partial charge in [0.05, 0.1) is 11.4 Å². The molecule has 510 valence electrons. The molecule has 0 spiro atoms. The highest BCUT2D eigenvalue weighted by Gasteiger charge is 2.38. The molecular formula is C100H78N4O2. The van der Waals surface area contributed by atoms with Gasteiger partial charge >= 0.3 is 0 Å². The van der Waals surface area contributed by atoms with E-state index < -0.39 is 0 Å². The number of aryl methyl sites for hydroxylation is 2. The number of benzene rings is 14. The van der Waals surface area contributed by atoms with Crippen molar-refractivity contribution in [3.05, 3.63) is 338 Å². The van der Waals surface area contributed by atoms with Gasteiger partial charge in [-0.25, -0.2) is 0 Å². The Labute approximate surface area is 617 Å². The second-order valence-electron chi connectivity index (χ2n) is 30.2. The van der Waals surface area contributed by atoms with Gasteiger partial charge in [-0.3, -0.25) is 0 Å². The van der Waals surface area contributed by atoms with E-state index in [9.17, 15) is 0 Å². The van der Waals surface area contributed by atoms with Gasteiger partial charge < -0.3 is 27.8 Å². The Kier molecular flexibility index (Phi) is 14.6. The van der Waals surface area contributed by atoms with Crippen molar-refractivity contribution in [3.8, 4) is 44.5 Å². The summed E-state index contributed by atoms with van der Waals surface area (Å²) < 4.78 is 18.7. The van der Waals surface area contributed by atoms with Crippen LogP contribution in [0.3, 0.4) is 0 Å². The summed E-state index contributed by atoms with van der Waals surface area (Å²) in [6, 6.07) is 108. The lowest BCUT2D eigenvalue weighted by atomic mass is 9.81. The Morgan fingerprint density at radius 3 is 1.08 bits per heavy atom. The first-order chi connectivity index (χ1) is 52.0. The highest BCUT2D eigenvalue weighted by molar-refractivity contribution is 6.14.